The predicted molar refractivity (Wildman–Crippen MR) is 68.3 cm³/mol. The lowest BCUT2D eigenvalue weighted by atomic mass is 10.2. The van der Waals surface area contributed by atoms with Crippen LogP contribution in [-0.4, -0.2) is 30.1 Å². The van der Waals surface area contributed by atoms with Gasteiger partial charge in [0.1, 0.15) is 0 Å². The first-order valence-corrected chi connectivity index (χ1v) is 6.30. The molecule has 19 heavy (non-hydrogen) atoms. The lowest BCUT2D eigenvalue weighted by Gasteiger charge is -2.06. The maximum absolute atomic E-state index is 11.5. The molecule has 0 heterocycles. The normalized spacial score (nSPS) is 20.8. The molecule has 1 aliphatic carbocycles. The van der Waals surface area contributed by atoms with Crippen LogP contribution in [0.1, 0.15) is 12.0 Å². The molecule has 1 amide bonds. The number of benzene rings is 1. The van der Waals surface area contributed by atoms with Gasteiger partial charge in [0, 0.05) is 6.54 Å². The summed E-state index contributed by atoms with van der Waals surface area (Å²) in [4.78, 5) is 22.1. The number of carbonyl (C=O) groups is 2. The Morgan fingerprint density at radius 3 is 2.63 bits per heavy atom. The number of hydrogen-bond donors (Lipinski definition) is 2. The fourth-order valence-electron chi connectivity index (χ4n) is 1.90. The first kappa shape index (κ1) is 13.5. The Morgan fingerprint density at radius 1 is 1.26 bits per heavy atom. The van der Waals surface area contributed by atoms with Gasteiger partial charge in [0.2, 0.25) is 5.91 Å². The van der Waals surface area contributed by atoms with E-state index in [4.69, 9.17) is 9.84 Å². The van der Waals surface area contributed by atoms with Crippen LogP contribution < -0.4 is 5.32 Å². The summed E-state index contributed by atoms with van der Waals surface area (Å²) in [6.45, 7) is 1.34. The SMILES string of the molecule is O=C(O)[C@H]1C[C@H]1C(=O)NCCOCc1ccccc1. The highest BCUT2D eigenvalue weighted by Gasteiger charge is 2.48. The molecule has 2 rings (SSSR count). The monoisotopic (exact) mass is 263 g/mol. The van der Waals surface area contributed by atoms with Gasteiger partial charge in [-0.05, 0) is 12.0 Å². The number of carbonyl (C=O) groups excluding carboxylic acids is 1. The first-order chi connectivity index (χ1) is 9.18. The Labute approximate surface area is 111 Å². The second-order valence-electron chi connectivity index (χ2n) is 4.62. The van der Waals surface area contributed by atoms with Crippen LogP contribution in [-0.2, 0) is 20.9 Å². The van der Waals surface area contributed by atoms with Crippen molar-refractivity contribution in [3.63, 3.8) is 0 Å². The number of aliphatic carboxylic acids is 1. The van der Waals surface area contributed by atoms with Gasteiger partial charge >= 0.3 is 5.97 Å². The first-order valence-electron chi connectivity index (χ1n) is 6.30. The van der Waals surface area contributed by atoms with Crippen LogP contribution in [0.5, 0.6) is 0 Å². The molecule has 0 bridgehead atoms. The molecule has 1 aliphatic rings. The number of carboxylic acid groups (broad SMARTS) is 1. The van der Waals surface area contributed by atoms with E-state index in [1.165, 1.54) is 0 Å². The molecule has 1 fully saturated rings. The second-order valence-corrected chi connectivity index (χ2v) is 4.62. The van der Waals surface area contributed by atoms with E-state index in [0.29, 0.717) is 26.2 Å². The number of carboxylic acids is 1. The van der Waals surface area contributed by atoms with Crippen molar-refractivity contribution in [3.8, 4) is 0 Å². The van der Waals surface area contributed by atoms with Crippen molar-refractivity contribution in [1.29, 1.82) is 0 Å². The van der Waals surface area contributed by atoms with Crippen molar-refractivity contribution in [2.24, 2.45) is 11.8 Å². The molecule has 1 aromatic rings. The summed E-state index contributed by atoms with van der Waals surface area (Å²) in [7, 11) is 0. The topological polar surface area (TPSA) is 75.6 Å². The molecule has 5 nitrogen and oxygen atoms in total. The molecule has 0 spiro atoms. The highest BCUT2D eigenvalue weighted by molar-refractivity contribution is 5.89. The summed E-state index contributed by atoms with van der Waals surface area (Å²) in [5.74, 6) is -1.92. The fraction of sp³-hybridized carbons (Fsp3) is 0.429. The van der Waals surface area contributed by atoms with E-state index in [-0.39, 0.29) is 11.8 Å². The lowest BCUT2D eigenvalue weighted by Crippen LogP contribution is -2.29. The summed E-state index contributed by atoms with van der Waals surface area (Å²) in [5.41, 5.74) is 1.09. The van der Waals surface area contributed by atoms with Crippen molar-refractivity contribution in [1.82, 2.24) is 5.32 Å². The van der Waals surface area contributed by atoms with Gasteiger partial charge in [0.05, 0.1) is 25.0 Å². The molecule has 0 unspecified atom stereocenters. The zero-order chi connectivity index (χ0) is 13.7. The third-order valence-electron chi connectivity index (χ3n) is 3.10. The van der Waals surface area contributed by atoms with E-state index < -0.39 is 11.9 Å². The molecule has 0 saturated heterocycles. The number of ether oxygens (including phenoxy) is 1. The summed E-state index contributed by atoms with van der Waals surface area (Å²) >= 11 is 0. The Bertz CT molecular complexity index is 446. The van der Waals surface area contributed by atoms with Crippen LogP contribution in [0.3, 0.4) is 0 Å². The number of rotatable bonds is 7. The third-order valence-corrected chi connectivity index (χ3v) is 3.10. The van der Waals surface area contributed by atoms with Crippen LogP contribution >= 0.6 is 0 Å². The summed E-state index contributed by atoms with van der Waals surface area (Å²) < 4.78 is 5.41. The van der Waals surface area contributed by atoms with Gasteiger partial charge < -0.3 is 15.2 Å². The van der Waals surface area contributed by atoms with Gasteiger partial charge in [0.15, 0.2) is 0 Å². The molecular formula is C14H17NO4. The van der Waals surface area contributed by atoms with Gasteiger partial charge in [0.25, 0.3) is 0 Å². The van der Waals surface area contributed by atoms with Gasteiger partial charge in [-0.15, -0.1) is 0 Å². The Morgan fingerprint density at radius 2 is 2.00 bits per heavy atom. The van der Waals surface area contributed by atoms with Crippen molar-refractivity contribution in [2.45, 2.75) is 13.0 Å². The van der Waals surface area contributed by atoms with E-state index in [2.05, 4.69) is 5.32 Å². The fourth-order valence-corrected chi connectivity index (χ4v) is 1.90. The average molecular weight is 263 g/mol. The molecule has 0 aromatic heterocycles. The molecule has 1 aromatic carbocycles. The maximum Gasteiger partial charge on any atom is 0.307 e. The molecule has 0 radical (unpaired) electrons. The van der Waals surface area contributed by atoms with E-state index in [1.54, 1.807) is 0 Å². The Hall–Kier alpha value is -1.88. The van der Waals surface area contributed by atoms with Crippen molar-refractivity contribution in [2.75, 3.05) is 13.2 Å². The number of amides is 1. The van der Waals surface area contributed by atoms with Crippen LogP contribution in [0, 0.1) is 11.8 Å². The van der Waals surface area contributed by atoms with E-state index in [9.17, 15) is 9.59 Å². The second kappa shape index (κ2) is 6.33. The zero-order valence-electron chi connectivity index (χ0n) is 10.5. The number of nitrogens with one attached hydrogen (secondary N) is 1. The minimum atomic E-state index is -0.888. The van der Waals surface area contributed by atoms with Crippen molar-refractivity contribution in [3.05, 3.63) is 35.9 Å². The van der Waals surface area contributed by atoms with E-state index in [0.717, 1.165) is 5.56 Å². The molecule has 0 aliphatic heterocycles. The molecule has 102 valence electrons. The largest absolute Gasteiger partial charge is 0.481 e. The van der Waals surface area contributed by atoms with Gasteiger partial charge in [-0.3, -0.25) is 9.59 Å². The smallest absolute Gasteiger partial charge is 0.307 e. The zero-order valence-corrected chi connectivity index (χ0v) is 10.5. The molecule has 5 heteroatoms. The lowest BCUT2D eigenvalue weighted by molar-refractivity contribution is -0.140. The minimum absolute atomic E-state index is 0.185. The maximum atomic E-state index is 11.5. The molecular weight excluding hydrogens is 246 g/mol. The van der Waals surface area contributed by atoms with Crippen LogP contribution in [0.15, 0.2) is 30.3 Å². The highest BCUT2D eigenvalue weighted by atomic mass is 16.5. The van der Waals surface area contributed by atoms with Crippen LogP contribution in [0.4, 0.5) is 0 Å². The van der Waals surface area contributed by atoms with Crippen molar-refractivity contribution < 1.29 is 19.4 Å². The van der Waals surface area contributed by atoms with Gasteiger partial charge in [-0.1, -0.05) is 30.3 Å². The van der Waals surface area contributed by atoms with Crippen LogP contribution in [0.25, 0.3) is 0 Å². The molecule has 1 saturated carbocycles. The summed E-state index contributed by atoms with van der Waals surface area (Å²) in [6, 6.07) is 9.78. The van der Waals surface area contributed by atoms with Gasteiger partial charge in [-0.2, -0.15) is 0 Å². The summed E-state index contributed by atoms with van der Waals surface area (Å²) in [6.07, 6.45) is 0.450. The summed E-state index contributed by atoms with van der Waals surface area (Å²) in [5, 5.41) is 11.4. The Kier molecular flexibility index (Phi) is 4.52. The quantitative estimate of drug-likeness (QED) is 0.721. The van der Waals surface area contributed by atoms with Crippen molar-refractivity contribution >= 4 is 11.9 Å². The van der Waals surface area contributed by atoms with E-state index in [1.807, 2.05) is 30.3 Å². The Balaban J connectivity index is 1.55. The minimum Gasteiger partial charge on any atom is -0.481 e. The predicted octanol–water partition coefficient (Wildman–Crippen LogP) is 1.04. The third kappa shape index (κ3) is 4.06. The number of hydrogen-bond acceptors (Lipinski definition) is 3. The molecule has 2 atom stereocenters. The van der Waals surface area contributed by atoms with Gasteiger partial charge in [-0.25, -0.2) is 0 Å². The average Bonchev–Trinajstić information content (AvgIpc) is 3.20. The highest BCUT2D eigenvalue weighted by Crippen LogP contribution is 2.38. The standard InChI is InChI=1S/C14H17NO4/c16-13(11-8-12(11)14(17)18)15-6-7-19-9-10-4-2-1-3-5-10/h1-5,11-12H,6-9H2,(H,15,16)(H,17,18)/t11-,12+/m1/s1. The molecule has 2 N–H and O–H groups in total. The van der Waals surface area contributed by atoms with Crippen LogP contribution in [0.2, 0.25) is 0 Å². The van der Waals surface area contributed by atoms with E-state index >= 15 is 0 Å².